The lowest BCUT2D eigenvalue weighted by molar-refractivity contribution is 0.210. The molecular weight excluding hydrogens is 136 g/mol. The molecule has 0 unspecified atom stereocenters. The van der Waals surface area contributed by atoms with Gasteiger partial charge in [0.05, 0.1) is 0 Å². The van der Waals surface area contributed by atoms with Gasteiger partial charge in [0.25, 0.3) is 0 Å². The van der Waals surface area contributed by atoms with Crippen LogP contribution >= 0.6 is 0 Å². The molecule has 0 atom stereocenters. The van der Waals surface area contributed by atoms with Gasteiger partial charge in [-0.25, -0.2) is 0 Å². The molecule has 0 aromatic rings. The van der Waals surface area contributed by atoms with Gasteiger partial charge in [-0.15, -0.1) is 0 Å². The second kappa shape index (κ2) is 2.38. The third-order valence-electron chi connectivity index (χ3n) is 1.90. The quantitative estimate of drug-likeness (QED) is 0.453. The first-order valence-corrected chi connectivity index (χ1v) is 5.19. The Labute approximate surface area is 55.3 Å². The molecule has 9 heavy (non-hydrogen) atoms. The molecule has 1 fully saturated rings. The summed E-state index contributed by atoms with van der Waals surface area (Å²) in [7, 11) is -3.72. The fourth-order valence-corrected chi connectivity index (χ4v) is 2.50. The van der Waals surface area contributed by atoms with Gasteiger partial charge in [-0.3, -0.25) is 0 Å². The molecule has 1 aliphatic carbocycles. The predicted octanol–water partition coefficient (Wildman–Crippen LogP) is -0.154. The van der Waals surface area contributed by atoms with Gasteiger partial charge in [-0.05, 0) is 12.8 Å². The van der Waals surface area contributed by atoms with Crippen LogP contribution in [0.2, 0.25) is 5.54 Å². The summed E-state index contributed by atoms with van der Waals surface area (Å²) < 4.78 is 0. The zero-order valence-corrected chi connectivity index (χ0v) is 6.25. The van der Waals surface area contributed by atoms with Crippen LogP contribution in [0.3, 0.4) is 0 Å². The number of hydrogen-bond acceptors (Lipinski definition) is 3. The molecule has 0 aromatic carbocycles. The lowest BCUT2D eigenvalue weighted by Crippen LogP contribution is -2.39. The zero-order valence-electron chi connectivity index (χ0n) is 5.25. The molecule has 0 spiro atoms. The van der Waals surface area contributed by atoms with Gasteiger partial charge >= 0.3 is 8.80 Å². The second-order valence-corrected chi connectivity index (χ2v) is 4.86. The lowest BCUT2D eigenvalue weighted by atomic mass is 10.4. The molecule has 0 aliphatic heterocycles. The van der Waals surface area contributed by atoms with Crippen LogP contribution in [-0.4, -0.2) is 23.2 Å². The first kappa shape index (κ1) is 7.21. The maximum Gasteiger partial charge on any atom is 0.496 e. The van der Waals surface area contributed by atoms with Crippen molar-refractivity contribution in [3.05, 3.63) is 0 Å². The zero-order chi connectivity index (χ0) is 6.91. The first-order chi connectivity index (χ1) is 4.11. The van der Waals surface area contributed by atoms with Crippen molar-refractivity contribution in [2.24, 2.45) is 0 Å². The minimum Gasteiger partial charge on any atom is -0.390 e. The van der Waals surface area contributed by atoms with Crippen LogP contribution in [-0.2, 0) is 0 Å². The third kappa shape index (κ3) is 1.75. The molecule has 54 valence electrons. The molecular formula is C5H12O3Si. The van der Waals surface area contributed by atoms with E-state index in [4.69, 9.17) is 14.4 Å². The van der Waals surface area contributed by atoms with E-state index in [1.54, 1.807) is 0 Å². The molecule has 0 amide bonds. The number of hydrogen-bond donors (Lipinski definition) is 3. The Hall–Kier alpha value is 0.0969. The molecule has 0 radical (unpaired) electrons. The van der Waals surface area contributed by atoms with Crippen molar-refractivity contribution in [1.29, 1.82) is 0 Å². The molecule has 4 heteroatoms. The molecule has 0 saturated heterocycles. The summed E-state index contributed by atoms with van der Waals surface area (Å²) >= 11 is 0. The normalized spacial score (nSPS) is 23.0. The van der Waals surface area contributed by atoms with Crippen LogP contribution in [0.5, 0.6) is 0 Å². The second-order valence-electron chi connectivity index (χ2n) is 2.67. The summed E-state index contributed by atoms with van der Waals surface area (Å²) in [5.74, 6) is 0. The standard InChI is InChI=1S/C5H12O3Si/c6-9(7,8)5-3-1-2-4-5/h5-8H,1-4H2. The Bertz CT molecular complexity index is 92.9. The highest BCUT2D eigenvalue weighted by atomic mass is 28.4. The van der Waals surface area contributed by atoms with Crippen molar-refractivity contribution >= 4 is 8.80 Å². The van der Waals surface area contributed by atoms with Crippen molar-refractivity contribution in [2.45, 2.75) is 31.2 Å². The summed E-state index contributed by atoms with van der Waals surface area (Å²) in [5.41, 5.74) is -0.183. The van der Waals surface area contributed by atoms with E-state index in [9.17, 15) is 0 Å². The van der Waals surface area contributed by atoms with E-state index in [0.29, 0.717) is 0 Å². The Kier molecular flexibility index (Phi) is 1.90. The fraction of sp³-hybridized carbons (Fsp3) is 1.00. The van der Waals surface area contributed by atoms with Crippen LogP contribution in [0, 0.1) is 0 Å². The largest absolute Gasteiger partial charge is 0.496 e. The molecule has 0 heterocycles. The average Bonchev–Trinajstić information content (AvgIpc) is 2.08. The summed E-state index contributed by atoms with van der Waals surface area (Å²) in [6.45, 7) is 0. The highest BCUT2D eigenvalue weighted by Crippen LogP contribution is 2.34. The van der Waals surface area contributed by atoms with Gasteiger partial charge in [0.15, 0.2) is 0 Å². The molecule has 1 rings (SSSR count). The Morgan fingerprint density at radius 3 is 1.67 bits per heavy atom. The molecule has 1 aliphatic rings. The lowest BCUT2D eigenvalue weighted by Gasteiger charge is -2.15. The highest BCUT2D eigenvalue weighted by molar-refractivity contribution is 6.58. The highest BCUT2D eigenvalue weighted by Gasteiger charge is 2.40. The van der Waals surface area contributed by atoms with Crippen LogP contribution in [0.1, 0.15) is 25.7 Å². The van der Waals surface area contributed by atoms with Gasteiger partial charge in [0, 0.05) is 5.54 Å². The average molecular weight is 148 g/mol. The first-order valence-electron chi connectivity index (χ1n) is 3.28. The topological polar surface area (TPSA) is 60.7 Å². The van der Waals surface area contributed by atoms with Crippen molar-refractivity contribution in [2.75, 3.05) is 0 Å². The smallest absolute Gasteiger partial charge is 0.390 e. The van der Waals surface area contributed by atoms with E-state index >= 15 is 0 Å². The molecule has 0 bridgehead atoms. The van der Waals surface area contributed by atoms with E-state index in [1.807, 2.05) is 0 Å². The maximum absolute atomic E-state index is 8.77. The fourth-order valence-electron chi connectivity index (χ4n) is 1.31. The van der Waals surface area contributed by atoms with Gasteiger partial charge in [0.1, 0.15) is 0 Å². The molecule has 3 nitrogen and oxygen atoms in total. The molecule has 0 aromatic heterocycles. The summed E-state index contributed by atoms with van der Waals surface area (Å²) in [5, 5.41) is 0. The predicted molar refractivity (Wildman–Crippen MR) is 34.6 cm³/mol. The minimum absolute atomic E-state index is 0.183. The van der Waals surface area contributed by atoms with Gasteiger partial charge < -0.3 is 14.4 Å². The van der Waals surface area contributed by atoms with Crippen molar-refractivity contribution in [3.63, 3.8) is 0 Å². The summed E-state index contributed by atoms with van der Waals surface area (Å²) in [4.78, 5) is 26.3. The van der Waals surface area contributed by atoms with E-state index in [0.717, 1.165) is 25.7 Å². The summed E-state index contributed by atoms with van der Waals surface area (Å²) in [6.07, 6.45) is 3.63. The van der Waals surface area contributed by atoms with Crippen LogP contribution in [0.15, 0.2) is 0 Å². The number of rotatable bonds is 1. The van der Waals surface area contributed by atoms with E-state index < -0.39 is 8.80 Å². The van der Waals surface area contributed by atoms with Gasteiger partial charge in [-0.2, -0.15) is 0 Å². The van der Waals surface area contributed by atoms with E-state index in [1.165, 1.54) is 0 Å². The van der Waals surface area contributed by atoms with Crippen LogP contribution in [0.25, 0.3) is 0 Å². The minimum atomic E-state index is -3.72. The van der Waals surface area contributed by atoms with Gasteiger partial charge in [0.2, 0.25) is 0 Å². The molecule has 3 N–H and O–H groups in total. The van der Waals surface area contributed by atoms with Crippen molar-refractivity contribution < 1.29 is 14.4 Å². The van der Waals surface area contributed by atoms with Crippen LogP contribution in [0.4, 0.5) is 0 Å². The Morgan fingerprint density at radius 1 is 1.00 bits per heavy atom. The Balaban J connectivity index is 2.42. The van der Waals surface area contributed by atoms with E-state index in [2.05, 4.69) is 0 Å². The monoisotopic (exact) mass is 148 g/mol. The van der Waals surface area contributed by atoms with Crippen molar-refractivity contribution in [3.8, 4) is 0 Å². The third-order valence-corrected chi connectivity index (χ3v) is 3.58. The van der Waals surface area contributed by atoms with Crippen molar-refractivity contribution in [1.82, 2.24) is 0 Å². The summed E-state index contributed by atoms with van der Waals surface area (Å²) in [6, 6.07) is 0. The van der Waals surface area contributed by atoms with Gasteiger partial charge in [-0.1, -0.05) is 12.8 Å². The maximum atomic E-state index is 8.77. The SMILES string of the molecule is O[Si](O)(O)C1CCCC1. The molecule has 1 saturated carbocycles. The van der Waals surface area contributed by atoms with Crippen LogP contribution < -0.4 is 0 Å². The van der Waals surface area contributed by atoms with E-state index in [-0.39, 0.29) is 5.54 Å². The Morgan fingerprint density at radius 2 is 1.44 bits per heavy atom.